The fraction of sp³-hybridized carbons (Fsp3) is 0.368. The number of anilines is 1. The van der Waals surface area contributed by atoms with Crippen LogP contribution in [0, 0.1) is 6.92 Å². The molecule has 4 rings (SSSR count). The van der Waals surface area contributed by atoms with Crippen molar-refractivity contribution in [1.29, 1.82) is 0 Å². The summed E-state index contributed by atoms with van der Waals surface area (Å²) in [6.45, 7) is 2.57. The highest BCUT2D eigenvalue weighted by atomic mass is 32.2. The van der Waals surface area contributed by atoms with Crippen molar-refractivity contribution in [2.45, 2.75) is 42.9 Å². The SMILES string of the molecule is Cc1ccc(S(=O)(=O)N2CCc3ccc(NS(=O)(=O)C4CC4)cc3C2)cc1. The molecule has 144 valence electrons. The molecule has 8 heteroatoms. The number of aryl methyl sites for hydroxylation is 1. The molecule has 2 aromatic carbocycles. The van der Waals surface area contributed by atoms with Crippen molar-refractivity contribution in [2.24, 2.45) is 0 Å². The van der Waals surface area contributed by atoms with Crippen LogP contribution in [0.2, 0.25) is 0 Å². The zero-order valence-electron chi connectivity index (χ0n) is 15.1. The van der Waals surface area contributed by atoms with Crippen LogP contribution in [0.1, 0.15) is 29.5 Å². The Balaban J connectivity index is 1.58. The largest absolute Gasteiger partial charge is 0.283 e. The molecule has 1 heterocycles. The van der Waals surface area contributed by atoms with Gasteiger partial charge in [0.05, 0.1) is 10.1 Å². The molecule has 1 saturated carbocycles. The number of rotatable bonds is 5. The average Bonchev–Trinajstić information content (AvgIpc) is 3.47. The van der Waals surface area contributed by atoms with Gasteiger partial charge in [-0.1, -0.05) is 23.8 Å². The molecule has 27 heavy (non-hydrogen) atoms. The summed E-state index contributed by atoms with van der Waals surface area (Å²) in [5.74, 6) is 0. The van der Waals surface area contributed by atoms with E-state index >= 15 is 0 Å². The lowest BCUT2D eigenvalue weighted by atomic mass is 10.0. The van der Waals surface area contributed by atoms with E-state index < -0.39 is 20.0 Å². The zero-order valence-corrected chi connectivity index (χ0v) is 16.7. The predicted molar refractivity (Wildman–Crippen MR) is 104 cm³/mol. The second kappa shape index (κ2) is 6.61. The van der Waals surface area contributed by atoms with Gasteiger partial charge in [-0.05, 0) is 61.6 Å². The second-order valence-corrected chi connectivity index (χ2v) is 11.1. The molecule has 0 radical (unpaired) electrons. The Morgan fingerprint density at radius 2 is 1.67 bits per heavy atom. The van der Waals surface area contributed by atoms with Crippen LogP contribution in [0.5, 0.6) is 0 Å². The van der Waals surface area contributed by atoms with Gasteiger partial charge in [-0.25, -0.2) is 16.8 Å². The summed E-state index contributed by atoms with van der Waals surface area (Å²) in [7, 11) is -6.92. The lowest BCUT2D eigenvalue weighted by molar-refractivity contribution is 0.391. The number of benzene rings is 2. The molecule has 0 bridgehead atoms. The Bertz CT molecular complexity index is 1070. The lowest BCUT2D eigenvalue weighted by Gasteiger charge is -2.28. The zero-order chi connectivity index (χ0) is 19.2. The number of hydrogen-bond acceptors (Lipinski definition) is 4. The quantitative estimate of drug-likeness (QED) is 0.827. The van der Waals surface area contributed by atoms with Gasteiger partial charge in [-0.2, -0.15) is 4.31 Å². The first-order chi connectivity index (χ1) is 12.8. The monoisotopic (exact) mass is 406 g/mol. The summed E-state index contributed by atoms with van der Waals surface area (Å²) in [6.07, 6.45) is 2.00. The minimum atomic E-state index is -3.58. The van der Waals surface area contributed by atoms with Gasteiger partial charge in [0.2, 0.25) is 20.0 Å². The lowest BCUT2D eigenvalue weighted by Crippen LogP contribution is -2.36. The molecule has 2 aliphatic rings. The third-order valence-electron chi connectivity index (χ3n) is 5.07. The summed E-state index contributed by atoms with van der Waals surface area (Å²) in [6, 6.07) is 12.2. The Morgan fingerprint density at radius 1 is 0.963 bits per heavy atom. The molecular formula is C19H22N2O4S2. The first-order valence-electron chi connectivity index (χ1n) is 8.96. The predicted octanol–water partition coefficient (Wildman–Crippen LogP) is 2.65. The van der Waals surface area contributed by atoms with Gasteiger partial charge in [-0.3, -0.25) is 4.72 Å². The van der Waals surface area contributed by atoms with Gasteiger partial charge in [0.25, 0.3) is 0 Å². The first kappa shape index (κ1) is 18.5. The molecule has 0 atom stereocenters. The van der Waals surface area contributed by atoms with Crippen LogP contribution in [-0.2, 0) is 33.0 Å². The Kier molecular flexibility index (Phi) is 4.52. The highest BCUT2D eigenvalue weighted by molar-refractivity contribution is 7.93. The number of fused-ring (bicyclic) bond motifs is 1. The minimum absolute atomic E-state index is 0.241. The van der Waals surface area contributed by atoms with Gasteiger partial charge in [0, 0.05) is 18.8 Å². The average molecular weight is 407 g/mol. The van der Waals surface area contributed by atoms with Crippen LogP contribution in [0.4, 0.5) is 5.69 Å². The van der Waals surface area contributed by atoms with E-state index in [2.05, 4.69) is 4.72 Å². The fourth-order valence-corrected chi connectivity index (χ4v) is 6.08. The summed E-state index contributed by atoms with van der Waals surface area (Å²) in [5.41, 5.74) is 3.40. The Hall–Kier alpha value is -1.90. The van der Waals surface area contributed by atoms with Crippen LogP contribution in [-0.4, -0.2) is 32.9 Å². The van der Waals surface area contributed by atoms with E-state index in [9.17, 15) is 16.8 Å². The molecule has 1 N–H and O–H groups in total. The van der Waals surface area contributed by atoms with E-state index in [1.165, 1.54) is 4.31 Å². The van der Waals surface area contributed by atoms with Crippen LogP contribution in [0.15, 0.2) is 47.4 Å². The Morgan fingerprint density at radius 3 is 2.33 bits per heavy atom. The van der Waals surface area contributed by atoms with Crippen molar-refractivity contribution in [3.05, 3.63) is 59.2 Å². The molecule has 0 spiro atoms. The number of nitrogens with zero attached hydrogens (tertiary/aromatic N) is 1. The van der Waals surface area contributed by atoms with Crippen LogP contribution in [0.25, 0.3) is 0 Å². The topological polar surface area (TPSA) is 83.6 Å². The Labute approximate surface area is 160 Å². The smallest absolute Gasteiger partial charge is 0.243 e. The van der Waals surface area contributed by atoms with Crippen LogP contribution in [0.3, 0.4) is 0 Å². The van der Waals surface area contributed by atoms with Gasteiger partial charge in [0.1, 0.15) is 0 Å². The van der Waals surface area contributed by atoms with Crippen LogP contribution >= 0.6 is 0 Å². The maximum absolute atomic E-state index is 12.9. The normalized spacial score (nSPS) is 18.1. The van der Waals surface area contributed by atoms with Gasteiger partial charge in [0.15, 0.2) is 0 Å². The summed E-state index contributed by atoms with van der Waals surface area (Å²) in [4.78, 5) is 0.280. The molecular weight excluding hydrogens is 384 g/mol. The highest BCUT2D eigenvalue weighted by Gasteiger charge is 2.36. The molecule has 6 nitrogen and oxygen atoms in total. The van der Waals surface area contributed by atoms with Crippen molar-refractivity contribution in [2.75, 3.05) is 11.3 Å². The van der Waals surface area contributed by atoms with E-state index in [0.717, 1.165) is 16.7 Å². The highest BCUT2D eigenvalue weighted by Crippen LogP contribution is 2.31. The first-order valence-corrected chi connectivity index (χ1v) is 11.9. The summed E-state index contributed by atoms with van der Waals surface area (Å²) >= 11 is 0. The summed E-state index contributed by atoms with van der Waals surface area (Å²) in [5, 5.41) is -0.299. The molecule has 1 fully saturated rings. The van der Waals surface area contributed by atoms with Crippen molar-refractivity contribution in [3.63, 3.8) is 0 Å². The molecule has 0 aromatic heterocycles. The van der Waals surface area contributed by atoms with E-state index in [0.29, 0.717) is 31.5 Å². The van der Waals surface area contributed by atoms with Crippen molar-refractivity contribution in [1.82, 2.24) is 4.31 Å². The number of hydrogen-bond donors (Lipinski definition) is 1. The fourth-order valence-electron chi connectivity index (χ4n) is 3.29. The summed E-state index contributed by atoms with van der Waals surface area (Å²) < 4.78 is 54.2. The standard InChI is InChI=1S/C19H22N2O4S2/c1-14-2-6-19(7-3-14)27(24,25)21-11-10-15-4-5-17(12-16(15)13-21)20-26(22,23)18-8-9-18/h2-7,12,18,20H,8-11,13H2,1H3. The molecule has 1 aliphatic heterocycles. The molecule has 0 amide bonds. The third kappa shape index (κ3) is 3.74. The third-order valence-corrected chi connectivity index (χ3v) is 8.79. The van der Waals surface area contributed by atoms with E-state index in [-0.39, 0.29) is 16.7 Å². The maximum atomic E-state index is 12.9. The van der Waals surface area contributed by atoms with Crippen molar-refractivity contribution < 1.29 is 16.8 Å². The molecule has 0 saturated heterocycles. The van der Waals surface area contributed by atoms with Gasteiger partial charge < -0.3 is 0 Å². The van der Waals surface area contributed by atoms with Gasteiger partial charge >= 0.3 is 0 Å². The molecule has 0 unspecified atom stereocenters. The second-order valence-electron chi connectivity index (χ2n) is 7.23. The van der Waals surface area contributed by atoms with Crippen LogP contribution < -0.4 is 4.72 Å². The van der Waals surface area contributed by atoms with Gasteiger partial charge in [-0.15, -0.1) is 0 Å². The maximum Gasteiger partial charge on any atom is 0.243 e. The molecule has 2 aromatic rings. The number of nitrogens with one attached hydrogen (secondary N) is 1. The van der Waals surface area contributed by atoms with E-state index in [1.807, 2.05) is 13.0 Å². The minimum Gasteiger partial charge on any atom is -0.283 e. The van der Waals surface area contributed by atoms with E-state index in [4.69, 9.17) is 0 Å². The molecule has 1 aliphatic carbocycles. The number of sulfonamides is 2. The van der Waals surface area contributed by atoms with Crippen molar-refractivity contribution in [3.8, 4) is 0 Å². The van der Waals surface area contributed by atoms with E-state index in [1.54, 1.807) is 36.4 Å². The van der Waals surface area contributed by atoms with Crippen molar-refractivity contribution >= 4 is 25.7 Å².